The van der Waals surface area contributed by atoms with Crippen LogP contribution in [0.1, 0.15) is 33.3 Å². The first-order chi connectivity index (χ1) is 13.4. The molecule has 0 aliphatic carbocycles. The van der Waals surface area contributed by atoms with Crippen molar-refractivity contribution in [2.75, 3.05) is 31.5 Å². The Morgan fingerprint density at radius 1 is 1.21 bits per heavy atom. The molecule has 1 N–H and O–H groups in total. The molecule has 0 aromatic heterocycles. The van der Waals surface area contributed by atoms with E-state index in [-0.39, 0.29) is 37.0 Å². The van der Waals surface area contributed by atoms with Gasteiger partial charge in [0.2, 0.25) is 10.0 Å². The number of ether oxygens (including phenoxy) is 2. The van der Waals surface area contributed by atoms with Crippen LogP contribution in [0.25, 0.3) is 0 Å². The van der Waals surface area contributed by atoms with Gasteiger partial charge in [-0.3, -0.25) is 4.79 Å². The van der Waals surface area contributed by atoms with Crippen LogP contribution in [-0.4, -0.2) is 67.5 Å². The minimum absolute atomic E-state index is 0.130. The number of hydrogen-bond donors (Lipinski definition) is 1. The van der Waals surface area contributed by atoms with Crippen molar-refractivity contribution in [1.29, 1.82) is 0 Å². The van der Waals surface area contributed by atoms with Crippen LogP contribution in [0.5, 0.6) is 5.75 Å². The van der Waals surface area contributed by atoms with Gasteiger partial charge in [0.05, 0.1) is 10.6 Å². The minimum atomic E-state index is -3.78. The maximum atomic E-state index is 13.2. The molecular weight excluding hydrogens is 398 g/mol. The lowest BCUT2D eigenvalue weighted by Gasteiger charge is -2.35. The third-order valence-corrected chi connectivity index (χ3v) is 6.76. The van der Waals surface area contributed by atoms with E-state index in [4.69, 9.17) is 9.47 Å². The Morgan fingerprint density at radius 3 is 2.41 bits per heavy atom. The molecule has 1 fully saturated rings. The van der Waals surface area contributed by atoms with E-state index >= 15 is 0 Å². The third kappa shape index (κ3) is 4.48. The Kier molecular flexibility index (Phi) is 5.52. The second kappa shape index (κ2) is 7.49. The molecule has 1 unspecified atom stereocenters. The number of amides is 2. The molecule has 2 aliphatic rings. The number of fused-ring (bicyclic) bond motifs is 1. The Bertz CT molecular complexity index is 930. The summed E-state index contributed by atoms with van der Waals surface area (Å²) in [6.07, 6.45) is -1.14. The number of sulfonamides is 1. The summed E-state index contributed by atoms with van der Waals surface area (Å²) >= 11 is 0. The Hall–Kier alpha value is -2.33. The van der Waals surface area contributed by atoms with Gasteiger partial charge in [-0.15, -0.1) is 0 Å². The van der Waals surface area contributed by atoms with Crippen LogP contribution in [0.2, 0.25) is 0 Å². The minimum Gasteiger partial charge on any atom is -0.479 e. The van der Waals surface area contributed by atoms with E-state index in [0.29, 0.717) is 17.0 Å². The first kappa shape index (κ1) is 21.4. The zero-order valence-corrected chi connectivity index (χ0v) is 18.1. The highest BCUT2D eigenvalue weighted by Crippen LogP contribution is 2.35. The van der Waals surface area contributed by atoms with Crippen LogP contribution in [-0.2, 0) is 19.6 Å². The van der Waals surface area contributed by atoms with Crippen molar-refractivity contribution in [1.82, 2.24) is 9.21 Å². The molecule has 2 heterocycles. The maximum absolute atomic E-state index is 13.2. The molecule has 0 spiro atoms. The maximum Gasteiger partial charge on any atom is 0.410 e. The van der Waals surface area contributed by atoms with Crippen LogP contribution in [0, 0.1) is 6.92 Å². The summed E-state index contributed by atoms with van der Waals surface area (Å²) in [5, 5.41) is 2.72. The summed E-state index contributed by atoms with van der Waals surface area (Å²) in [4.78, 5) is 25.6. The lowest BCUT2D eigenvalue weighted by atomic mass is 10.1. The summed E-state index contributed by atoms with van der Waals surface area (Å²) < 4.78 is 38.6. The molecule has 10 heteroatoms. The fraction of sp³-hybridized carbons (Fsp3) is 0.579. The van der Waals surface area contributed by atoms with Crippen LogP contribution >= 0.6 is 0 Å². The van der Waals surface area contributed by atoms with Gasteiger partial charge in [-0.25, -0.2) is 13.2 Å². The van der Waals surface area contributed by atoms with Gasteiger partial charge in [0.25, 0.3) is 5.91 Å². The fourth-order valence-corrected chi connectivity index (χ4v) is 4.84. The molecule has 2 aliphatic heterocycles. The summed E-state index contributed by atoms with van der Waals surface area (Å²) in [7, 11) is -3.78. The molecule has 160 valence electrons. The number of benzene rings is 1. The lowest BCUT2D eigenvalue weighted by molar-refractivity contribution is -0.122. The van der Waals surface area contributed by atoms with E-state index in [2.05, 4.69) is 5.32 Å². The monoisotopic (exact) mass is 425 g/mol. The number of nitrogens with one attached hydrogen (secondary N) is 1. The van der Waals surface area contributed by atoms with Gasteiger partial charge in [-0.1, -0.05) is 0 Å². The number of piperazine rings is 1. The van der Waals surface area contributed by atoms with Gasteiger partial charge in [-0.2, -0.15) is 4.31 Å². The topological polar surface area (TPSA) is 105 Å². The molecular formula is C19H27N3O6S. The van der Waals surface area contributed by atoms with E-state index in [1.165, 1.54) is 15.3 Å². The van der Waals surface area contributed by atoms with Gasteiger partial charge in [0, 0.05) is 32.2 Å². The van der Waals surface area contributed by atoms with Gasteiger partial charge >= 0.3 is 6.09 Å². The molecule has 0 bridgehead atoms. The fourth-order valence-electron chi connectivity index (χ4n) is 3.20. The number of rotatable bonds is 2. The average Bonchev–Trinajstić information content (AvgIpc) is 2.61. The zero-order valence-electron chi connectivity index (χ0n) is 17.3. The Morgan fingerprint density at radius 2 is 1.83 bits per heavy atom. The molecule has 9 nitrogen and oxygen atoms in total. The van der Waals surface area contributed by atoms with Gasteiger partial charge in [0.1, 0.15) is 11.4 Å². The van der Waals surface area contributed by atoms with E-state index in [0.717, 1.165) is 0 Å². The smallest absolute Gasteiger partial charge is 0.410 e. The van der Waals surface area contributed by atoms with Crippen molar-refractivity contribution < 1.29 is 27.5 Å². The molecule has 1 saturated heterocycles. The van der Waals surface area contributed by atoms with Crippen LogP contribution in [0.3, 0.4) is 0 Å². The van der Waals surface area contributed by atoms with E-state index in [1.807, 2.05) is 0 Å². The van der Waals surface area contributed by atoms with Gasteiger partial charge in [-0.05, 0) is 46.2 Å². The van der Waals surface area contributed by atoms with Crippen molar-refractivity contribution >= 4 is 27.7 Å². The number of carbonyl (C=O) groups excluding carboxylic acids is 2. The molecule has 1 aromatic carbocycles. The molecule has 0 saturated carbocycles. The van der Waals surface area contributed by atoms with E-state index < -0.39 is 27.8 Å². The molecule has 1 atom stereocenters. The average molecular weight is 426 g/mol. The largest absolute Gasteiger partial charge is 0.479 e. The first-order valence-electron chi connectivity index (χ1n) is 9.49. The Balaban J connectivity index is 1.76. The third-order valence-electron chi connectivity index (χ3n) is 4.72. The van der Waals surface area contributed by atoms with E-state index in [1.54, 1.807) is 40.7 Å². The van der Waals surface area contributed by atoms with Crippen molar-refractivity contribution in [3.05, 3.63) is 17.7 Å². The highest BCUT2D eigenvalue weighted by molar-refractivity contribution is 7.89. The van der Waals surface area contributed by atoms with Crippen molar-refractivity contribution in [2.24, 2.45) is 0 Å². The number of carbonyl (C=O) groups is 2. The number of nitrogens with zero attached hydrogens (tertiary/aromatic N) is 2. The second-order valence-electron chi connectivity index (χ2n) is 8.23. The summed E-state index contributed by atoms with van der Waals surface area (Å²) in [5.74, 6) is 0.0550. The van der Waals surface area contributed by atoms with Crippen LogP contribution in [0.4, 0.5) is 10.5 Å². The number of aryl methyl sites for hydroxylation is 1. The highest BCUT2D eigenvalue weighted by Gasteiger charge is 2.34. The number of hydrogen-bond acceptors (Lipinski definition) is 6. The second-order valence-corrected chi connectivity index (χ2v) is 10.1. The SMILES string of the molecule is Cc1cc2c(cc1S(=O)(=O)N1CCN(C(=O)OC(C)(C)C)CC1)OC(C)C(=O)N2. The molecule has 29 heavy (non-hydrogen) atoms. The predicted molar refractivity (Wildman–Crippen MR) is 106 cm³/mol. The predicted octanol–water partition coefficient (Wildman–Crippen LogP) is 1.96. The van der Waals surface area contributed by atoms with E-state index in [9.17, 15) is 18.0 Å². The summed E-state index contributed by atoms with van der Waals surface area (Å²) in [6.45, 7) is 9.49. The van der Waals surface area contributed by atoms with Crippen LogP contribution < -0.4 is 10.1 Å². The lowest BCUT2D eigenvalue weighted by Crippen LogP contribution is -2.51. The van der Waals surface area contributed by atoms with Crippen molar-refractivity contribution in [3.8, 4) is 5.75 Å². The highest BCUT2D eigenvalue weighted by atomic mass is 32.2. The molecule has 1 aromatic rings. The Labute approximate surface area is 171 Å². The first-order valence-corrected chi connectivity index (χ1v) is 10.9. The van der Waals surface area contributed by atoms with Crippen molar-refractivity contribution in [2.45, 2.75) is 51.2 Å². The molecule has 3 rings (SSSR count). The van der Waals surface area contributed by atoms with Gasteiger partial charge < -0.3 is 19.7 Å². The quantitative estimate of drug-likeness (QED) is 0.777. The van der Waals surface area contributed by atoms with Crippen molar-refractivity contribution in [3.63, 3.8) is 0 Å². The van der Waals surface area contributed by atoms with Gasteiger partial charge in [0.15, 0.2) is 6.10 Å². The zero-order chi connectivity index (χ0) is 21.6. The number of anilines is 1. The summed E-state index contributed by atoms with van der Waals surface area (Å²) in [5.41, 5.74) is 0.365. The molecule has 2 amide bonds. The normalized spacial score (nSPS) is 20.5. The molecule has 0 radical (unpaired) electrons. The van der Waals surface area contributed by atoms with Crippen LogP contribution in [0.15, 0.2) is 17.0 Å². The summed E-state index contributed by atoms with van der Waals surface area (Å²) in [6, 6.07) is 3.05. The standard InChI is InChI=1S/C19H27N3O6S/c1-12-10-14-15(27-13(2)17(23)20-14)11-16(12)29(25,26)22-8-6-21(7-9-22)18(24)28-19(3,4)5/h10-11,13H,6-9H2,1-5H3,(H,20,23).